The minimum Gasteiger partial charge on any atom is -0.480 e. The lowest BCUT2D eigenvalue weighted by atomic mass is 10.3. The molecule has 0 aliphatic carbocycles. The second-order valence-electron chi connectivity index (χ2n) is 3.67. The van der Waals surface area contributed by atoms with E-state index in [0.29, 0.717) is 4.90 Å². The Morgan fingerprint density at radius 2 is 2.16 bits per heavy atom. The molecule has 0 aromatic carbocycles. The van der Waals surface area contributed by atoms with Gasteiger partial charge in [0.1, 0.15) is 24.9 Å². The molecule has 0 aliphatic heterocycles. The topological polar surface area (TPSA) is 90.1 Å². The van der Waals surface area contributed by atoms with Crippen molar-refractivity contribution in [2.24, 2.45) is 0 Å². The quantitative estimate of drug-likeness (QED) is 0.884. The summed E-state index contributed by atoms with van der Waals surface area (Å²) in [4.78, 5) is 18.3. The standard InChI is InChI=1S/C10H9F3N4O2/c1-6-2-7(3-14)16-9(15-6)17(4-8(18)19)5-10(11,12)13/h2H,4-5H2,1H3,(H,18,19). The number of hydrogen-bond acceptors (Lipinski definition) is 5. The Labute approximate surface area is 106 Å². The third kappa shape index (κ3) is 4.79. The monoisotopic (exact) mass is 274 g/mol. The number of aliphatic carboxylic acids is 1. The molecule has 0 atom stereocenters. The fourth-order valence-electron chi connectivity index (χ4n) is 1.33. The molecule has 0 radical (unpaired) electrons. The molecule has 102 valence electrons. The number of anilines is 1. The maximum atomic E-state index is 12.4. The van der Waals surface area contributed by atoms with Crippen LogP contribution in [0.4, 0.5) is 19.1 Å². The van der Waals surface area contributed by atoms with Gasteiger partial charge in [0, 0.05) is 5.69 Å². The van der Waals surface area contributed by atoms with Crippen molar-refractivity contribution in [1.29, 1.82) is 5.26 Å². The smallest absolute Gasteiger partial charge is 0.406 e. The van der Waals surface area contributed by atoms with E-state index >= 15 is 0 Å². The second-order valence-corrected chi connectivity index (χ2v) is 3.67. The van der Waals surface area contributed by atoms with Crippen LogP contribution < -0.4 is 4.90 Å². The molecule has 0 saturated heterocycles. The van der Waals surface area contributed by atoms with Crippen molar-refractivity contribution in [3.8, 4) is 6.07 Å². The van der Waals surface area contributed by atoms with Crippen LogP contribution in [0.25, 0.3) is 0 Å². The third-order valence-corrected chi connectivity index (χ3v) is 1.94. The summed E-state index contributed by atoms with van der Waals surface area (Å²) in [5.74, 6) is -1.89. The van der Waals surface area contributed by atoms with Crippen LogP contribution >= 0.6 is 0 Å². The highest BCUT2D eigenvalue weighted by molar-refractivity contribution is 5.72. The number of rotatable bonds is 4. The lowest BCUT2D eigenvalue weighted by Gasteiger charge is -2.22. The first-order chi connectivity index (χ1) is 8.71. The Balaban J connectivity index is 3.13. The van der Waals surface area contributed by atoms with E-state index in [0.717, 1.165) is 0 Å². The molecular formula is C10H9F3N4O2. The van der Waals surface area contributed by atoms with Crippen molar-refractivity contribution in [3.63, 3.8) is 0 Å². The lowest BCUT2D eigenvalue weighted by molar-refractivity contribution is -0.136. The van der Waals surface area contributed by atoms with Gasteiger partial charge in [-0.2, -0.15) is 18.4 Å². The van der Waals surface area contributed by atoms with Crippen LogP contribution in [0.15, 0.2) is 6.07 Å². The second kappa shape index (κ2) is 5.51. The summed E-state index contributed by atoms with van der Waals surface area (Å²) >= 11 is 0. The molecule has 0 spiro atoms. The highest BCUT2D eigenvalue weighted by Gasteiger charge is 2.33. The summed E-state index contributed by atoms with van der Waals surface area (Å²) in [7, 11) is 0. The van der Waals surface area contributed by atoms with Crippen molar-refractivity contribution in [2.45, 2.75) is 13.1 Å². The number of halogens is 3. The van der Waals surface area contributed by atoms with Crippen LogP contribution in [0.2, 0.25) is 0 Å². The molecule has 9 heteroatoms. The minimum absolute atomic E-state index is 0.125. The Hall–Kier alpha value is -2.37. The Kier molecular flexibility index (Phi) is 4.26. The van der Waals surface area contributed by atoms with E-state index in [9.17, 15) is 18.0 Å². The van der Waals surface area contributed by atoms with Gasteiger partial charge in [-0.05, 0) is 13.0 Å². The van der Waals surface area contributed by atoms with Gasteiger partial charge in [0.25, 0.3) is 0 Å². The van der Waals surface area contributed by atoms with Crippen LogP contribution in [0.5, 0.6) is 0 Å². The molecule has 1 rings (SSSR count). The predicted octanol–water partition coefficient (Wildman–Crippen LogP) is 1.11. The summed E-state index contributed by atoms with van der Waals surface area (Å²) < 4.78 is 37.1. The van der Waals surface area contributed by atoms with Gasteiger partial charge in [0.15, 0.2) is 0 Å². The Morgan fingerprint density at radius 1 is 1.53 bits per heavy atom. The number of carboxylic acids is 1. The van der Waals surface area contributed by atoms with Gasteiger partial charge in [0.05, 0.1) is 0 Å². The fraction of sp³-hybridized carbons (Fsp3) is 0.400. The lowest BCUT2D eigenvalue weighted by Crippen LogP contribution is -2.39. The molecule has 0 amide bonds. The first kappa shape index (κ1) is 14.7. The van der Waals surface area contributed by atoms with Crippen molar-refractivity contribution in [1.82, 2.24) is 9.97 Å². The highest BCUT2D eigenvalue weighted by Crippen LogP contribution is 2.20. The zero-order valence-corrected chi connectivity index (χ0v) is 9.77. The average molecular weight is 274 g/mol. The van der Waals surface area contributed by atoms with E-state index in [1.54, 1.807) is 6.07 Å². The van der Waals surface area contributed by atoms with Crippen LogP contribution in [-0.4, -0.2) is 40.3 Å². The third-order valence-electron chi connectivity index (χ3n) is 1.94. The molecule has 0 saturated carbocycles. The average Bonchev–Trinajstić information content (AvgIpc) is 2.24. The first-order valence-electron chi connectivity index (χ1n) is 5.00. The highest BCUT2D eigenvalue weighted by atomic mass is 19.4. The van der Waals surface area contributed by atoms with Crippen LogP contribution in [0.1, 0.15) is 11.4 Å². The number of alkyl halides is 3. The maximum absolute atomic E-state index is 12.4. The van der Waals surface area contributed by atoms with E-state index in [1.807, 2.05) is 0 Å². The number of nitrogens with zero attached hydrogens (tertiary/aromatic N) is 4. The molecule has 1 N–H and O–H groups in total. The molecule has 6 nitrogen and oxygen atoms in total. The minimum atomic E-state index is -4.60. The maximum Gasteiger partial charge on any atom is 0.406 e. The summed E-state index contributed by atoms with van der Waals surface area (Å²) in [5, 5.41) is 17.3. The number of carbonyl (C=O) groups is 1. The van der Waals surface area contributed by atoms with Gasteiger partial charge in [0.2, 0.25) is 5.95 Å². The van der Waals surface area contributed by atoms with Gasteiger partial charge in [-0.1, -0.05) is 0 Å². The van der Waals surface area contributed by atoms with Crippen LogP contribution in [-0.2, 0) is 4.79 Å². The normalized spacial score (nSPS) is 10.9. The van der Waals surface area contributed by atoms with Gasteiger partial charge < -0.3 is 10.0 Å². The Morgan fingerprint density at radius 3 is 2.63 bits per heavy atom. The van der Waals surface area contributed by atoms with Crippen molar-refractivity contribution in [2.75, 3.05) is 18.0 Å². The van der Waals surface area contributed by atoms with Crippen molar-refractivity contribution in [3.05, 3.63) is 17.5 Å². The van der Waals surface area contributed by atoms with Crippen LogP contribution in [0.3, 0.4) is 0 Å². The van der Waals surface area contributed by atoms with Gasteiger partial charge >= 0.3 is 12.1 Å². The van der Waals surface area contributed by atoms with Gasteiger partial charge in [-0.15, -0.1) is 0 Å². The van der Waals surface area contributed by atoms with Crippen molar-refractivity contribution >= 4 is 11.9 Å². The predicted molar refractivity (Wildman–Crippen MR) is 57.4 cm³/mol. The molecular weight excluding hydrogens is 265 g/mol. The molecule has 1 heterocycles. The molecule has 1 aromatic heterocycles. The zero-order chi connectivity index (χ0) is 14.6. The number of carboxylic acid groups (broad SMARTS) is 1. The largest absolute Gasteiger partial charge is 0.480 e. The van der Waals surface area contributed by atoms with Gasteiger partial charge in [-0.25, -0.2) is 9.97 Å². The molecule has 1 aromatic rings. The number of nitriles is 1. The SMILES string of the molecule is Cc1cc(C#N)nc(N(CC(=O)O)CC(F)(F)F)n1. The van der Waals surface area contributed by atoms with E-state index in [4.69, 9.17) is 10.4 Å². The number of hydrogen-bond donors (Lipinski definition) is 1. The zero-order valence-electron chi connectivity index (χ0n) is 9.77. The summed E-state index contributed by atoms with van der Waals surface area (Å²) in [6.45, 7) is -0.944. The molecule has 19 heavy (non-hydrogen) atoms. The summed E-state index contributed by atoms with van der Waals surface area (Å²) in [6, 6.07) is 2.96. The van der Waals surface area contributed by atoms with Crippen LogP contribution in [0, 0.1) is 18.3 Å². The Bertz CT molecular complexity index is 524. The van der Waals surface area contributed by atoms with E-state index in [1.165, 1.54) is 13.0 Å². The molecule has 0 fully saturated rings. The number of aryl methyl sites for hydroxylation is 1. The summed E-state index contributed by atoms with van der Waals surface area (Å²) in [6.07, 6.45) is -4.60. The molecule has 0 aliphatic rings. The van der Waals surface area contributed by atoms with E-state index in [2.05, 4.69) is 9.97 Å². The number of aromatic nitrogens is 2. The van der Waals surface area contributed by atoms with Gasteiger partial charge in [-0.3, -0.25) is 4.79 Å². The van der Waals surface area contributed by atoms with Crippen molar-refractivity contribution < 1.29 is 23.1 Å². The van der Waals surface area contributed by atoms with E-state index < -0.39 is 31.2 Å². The molecule has 0 unspecified atom stereocenters. The fourth-order valence-corrected chi connectivity index (χ4v) is 1.33. The summed E-state index contributed by atoms with van der Waals surface area (Å²) in [5.41, 5.74) is 0.152. The van der Waals surface area contributed by atoms with E-state index in [-0.39, 0.29) is 11.4 Å². The molecule has 0 bridgehead atoms. The first-order valence-corrected chi connectivity index (χ1v) is 5.00.